The first kappa shape index (κ1) is 22.8. The summed E-state index contributed by atoms with van der Waals surface area (Å²) in [5, 5.41) is 0. The van der Waals surface area contributed by atoms with E-state index in [9.17, 15) is 9.59 Å². The molecule has 174 valence electrons. The predicted molar refractivity (Wildman–Crippen MR) is 123 cm³/mol. The Hall–Kier alpha value is -3.35. The van der Waals surface area contributed by atoms with Crippen molar-refractivity contribution in [3.63, 3.8) is 0 Å². The van der Waals surface area contributed by atoms with Crippen LogP contribution in [0.3, 0.4) is 0 Å². The van der Waals surface area contributed by atoms with Crippen LogP contribution in [0, 0.1) is 0 Å². The van der Waals surface area contributed by atoms with Crippen LogP contribution in [0.2, 0.25) is 0 Å². The van der Waals surface area contributed by atoms with Crippen molar-refractivity contribution < 1.29 is 23.8 Å². The fourth-order valence-corrected chi connectivity index (χ4v) is 4.42. The third kappa shape index (κ3) is 5.72. The normalized spacial score (nSPS) is 19.8. The number of carbonyl (C=O) groups excluding carboxylic acids is 2. The van der Waals surface area contributed by atoms with Crippen LogP contribution in [0.25, 0.3) is 0 Å². The van der Waals surface area contributed by atoms with E-state index in [-0.39, 0.29) is 18.7 Å². The Kier molecular flexibility index (Phi) is 7.60. The van der Waals surface area contributed by atoms with Crippen molar-refractivity contribution in [1.29, 1.82) is 0 Å². The van der Waals surface area contributed by atoms with Crippen LogP contribution >= 0.6 is 0 Å². The predicted octanol–water partition coefficient (Wildman–Crippen LogP) is 4.76. The van der Waals surface area contributed by atoms with Gasteiger partial charge in [0.1, 0.15) is 31.1 Å². The van der Waals surface area contributed by atoms with E-state index in [2.05, 4.69) is 17.6 Å². The summed E-state index contributed by atoms with van der Waals surface area (Å²) in [6.45, 7) is 4.62. The van der Waals surface area contributed by atoms with Crippen LogP contribution in [0.5, 0.6) is 5.75 Å². The summed E-state index contributed by atoms with van der Waals surface area (Å²) >= 11 is 0. The number of aromatic nitrogens is 1. The van der Waals surface area contributed by atoms with Crippen molar-refractivity contribution in [2.75, 3.05) is 13.2 Å². The number of rotatable bonds is 7. The highest BCUT2D eigenvalue weighted by molar-refractivity contribution is 5.82. The van der Waals surface area contributed by atoms with Crippen LogP contribution in [0.4, 0.5) is 4.79 Å². The van der Waals surface area contributed by atoms with Gasteiger partial charge in [-0.25, -0.2) is 9.59 Å². The lowest BCUT2D eigenvalue weighted by Crippen LogP contribution is -2.49. The molecular formula is C26H30N2O5. The Labute approximate surface area is 194 Å². The van der Waals surface area contributed by atoms with Crippen LogP contribution in [0.15, 0.2) is 55.4 Å². The molecule has 7 nitrogen and oxygen atoms in total. The summed E-state index contributed by atoms with van der Waals surface area (Å²) in [6, 6.07) is 9.20. The number of ether oxygens (including phenoxy) is 3. The minimum atomic E-state index is -0.618. The number of piperidine rings is 1. The van der Waals surface area contributed by atoms with E-state index in [4.69, 9.17) is 14.2 Å². The van der Waals surface area contributed by atoms with E-state index in [0.29, 0.717) is 19.6 Å². The maximum absolute atomic E-state index is 13.1. The lowest BCUT2D eigenvalue weighted by Gasteiger charge is -2.35. The van der Waals surface area contributed by atoms with E-state index in [1.165, 1.54) is 16.5 Å². The molecule has 1 unspecified atom stereocenters. The van der Waals surface area contributed by atoms with Gasteiger partial charge in [0.2, 0.25) is 0 Å². The Balaban J connectivity index is 1.44. The van der Waals surface area contributed by atoms with Crippen LogP contribution < -0.4 is 4.74 Å². The molecule has 1 amide bonds. The largest absolute Gasteiger partial charge is 0.489 e. The van der Waals surface area contributed by atoms with Gasteiger partial charge in [-0.05, 0) is 79.5 Å². The number of benzene rings is 1. The molecule has 0 radical (unpaired) electrons. The zero-order valence-corrected chi connectivity index (χ0v) is 18.8. The number of fused-ring (bicyclic) bond motifs is 1. The van der Waals surface area contributed by atoms with Gasteiger partial charge in [0.15, 0.2) is 0 Å². The molecule has 7 heteroatoms. The Morgan fingerprint density at radius 1 is 1.12 bits per heavy atom. The molecule has 1 aliphatic carbocycles. The molecule has 0 saturated carbocycles. The van der Waals surface area contributed by atoms with Gasteiger partial charge in [0.05, 0.1) is 0 Å². The molecule has 1 saturated heterocycles. The molecule has 1 fully saturated rings. The van der Waals surface area contributed by atoms with Gasteiger partial charge in [0.25, 0.3) is 0 Å². The molecule has 33 heavy (non-hydrogen) atoms. The summed E-state index contributed by atoms with van der Waals surface area (Å²) < 4.78 is 17.1. The fraction of sp³-hybridized carbons (Fsp3) is 0.423. The van der Waals surface area contributed by atoms with Gasteiger partial charge in [-0.1, -0.05) is 18.7 Å². The molecule has 0 bridgehead atoms. The van der Waals surface area contributed by atoms with Crippen molar-refractivity contribution in [1.82, 2.24) is 9.88 Å². The number of likely N-dealkylation sites (tertiary alicyclic amines) is 1. The summed E-state index contributed by atoms with van der Waals surface area (Å²) in [5.41, 5.74) is 3.19. The third-order valence-corrected chi connectivity index (χ3v) is 6.12. The molecular weight excluding hydrogens is 420 g/mol. The number of pyridine rings is 1. The van der Waals surface area contributed by atoms with Crippen molar-refractivity contribution in [2.45, 2.75) is 57.3 Å². The molecule has 2 heterocycles. The monoisotopic (exact) mass is 450 g/mol. The Morgan fingerprint density at radius 3 is 2.79 bits per heavy atom. The summed E-state index contributed by atoms with van der Waals surface area (Å²) in [5.74, 6) is 0.368. The van der Waals surface area contributed by atoms with Crippen LogP contribution in [-0.2, 0) is 27.3 Å². The summed E-state index contributed by atoms with van der Waals surface area (Å²) in [7, 11) is 0. The van der Waals surface area contributed by atoms with Gasteiger partial charge >= 0.3 is 12.1 Å². The lowest BCUT2D eigenvalue weighted by molar-refractivity contribution is -0.157. The highest BCUT2D eigenvalue weighted by Gasteiger charge is 2.36. The van der Waals surface area contributed by atoms with Crippen molar-refractivity contribution in [2.24, 2.45) is 0 Å². The summed E-state index contributed by atoms with van der Waals surface area (Å²) in [6.07, 6.45) is 9.09. The molecule has 2 aromatic rings. The highest BCUT2D eigenvalue weighted by atomic mass is 16.6. The Bertz CT molecular complexity index is 978. The molecule has 2 aliphatic rings. The second kappa shape index (κ2) is 11.0. The highest BCUT2D eigenvalue weighted by Crippen LogP contribution is 2.36. The number of nitrogens with zero attached hydrogens (tertiary/aromatic N) is 2. The van der Waals surface area contributed by atoms with Gasteiger partial charge in [-0.3, -0.25) is 9.88 Å². The van der Waals surface area contributed by atoms with E-state index < -0.39 is 12.1 Å². The molecule has 4 rings (SSSR count). The average molecular weight is 451 g/mol. The number of hydrogen-bond acceptors (Lipinski definition) is 6. The molecule has 0 N–H and O–H groups in total. The third-order valence-electron chi connectivity index (χ3n) is 6.12. The zero-order chi connectivity index (χ0) is 23.0. The minimum absolute atomic E-state index is 0.120. The van der Waals surface area contributed by atoms with Crippen molar-refractivity contribution in [3.8, 4) is 5.75 Å². The molecule has 1 aliphatic heterocycles. The molecule has 0 spiro atoms. The van der Waals surface area contributed by atoms with Crippen molar-refractivity contribution in [3.05, 3.63) is 72.1 Å². The van der Waals surface area contributed by atoms with E-state index in [1.807, 2.05) is 24.3 Å². The van der Waals surface area contributed by atoms with E-state index in [1.54, 1.807) is 12.4 Å². The van der Waals surface area contributed by atoms with E-state index in [0.717, 1.165) is 49.0 Å². The van der Waals surface area contributed by atoms with Crippen LogP contribution in [-0.4, -0.2) is 41.1 Å². The second-order valence-corrected chi connectivity index (χ2v) is 8.39. The van der Waals surface area contributed by atoms with Crippen molar-refractivity contribution >= 4 is 12.1 Å². The maximum atomic E-state index is 13.1. The number of aryl methyl sites for hydroxylation is 1. The second-order valence-electron chi connectivity index (χ2n) is 8.39. The quantitative estimate of drug-likeness (QED) is 0.447. The molecule has 1 aromatic heterocycles. The van der Waals surface area contributed by atoms with E-state index >= 15 is 0 Å². The van der Waals surface area contributed by atoms with Gasteiger partial charge in [0, 0.05) is 18.9 Å². The number of esters is 1. The summed E-state index contributed by atoms with van der Waals surface area (Å²) in [4.78, 5) is 31.1. The standard InChI is InChI=1S/C26H30N2O5/c1-2-16-31-26(30)28-15-4-3-7-23(28)25(29)33-24-8-5-6-20-9-10-21(17-22(20)24)32-18-19-11-13-27-14-12-19/h2,9-14,17,23-24H,1,3-8,15-16,18H2/t23-,24?/m0/s1. The van der Waals surface area contributed by atoms with Gasteiger partial charge in [-0.2, -0.15) is 0 Å². The molecule has 1 aromatic carbocycles. The minimum Gasteiger partial charge on any atom is -0.489 e. The zero-order valence-electron chi connectivity index (χ0n) is 18.8. The molecule has 2 atom stereocenters. The van der Waals surface area contributed by atoms with Crippen LogP contribution in [0.1, 0.15) is 54.9 Å². The first-order valence-corrected chi connectivity index (χ1v) is 11.5. The maximum Gasteiger partial charge on any atom is 0.410 e. The number of carbonyl (C=O) groups is 2. The Morgan fingerprint density at radius 2 is 1.97 bits per heavy atom. The topological polar surface area (TPSA) is 78.0 Å². The van der Waals surface area contributed by atoms with Gasteiger partial charge in [-0.15, -0.1) is 0 Å². The average Bonchev–Trinajstić information content (AvgIpc) is 2.86. The lowest BCUT2D eigenvalue weighted by atomic mass is 9.89. The number of hydrogen-bond donors (Lipinski definition) is 0. The first-order valence-electron chi connectivity index (χ1n) is 11.5. The smallest absolute Gasteiger partial charge is 0.410 e. The first-order chi connectivity index (χ1) is 16.2. The number of amides is 1. The van der Waals surface area contributed by atoms with Gasteiger partial charge < -0.3 is 14.2 Å². The fourth-order valence-electron chi connectivity index (χ4n) is 4.42. The SMILES string of the molecule is C=CCOC(=O)N1CCCC[C@H]1C(=O)OC1CCCc2ccc(OCc3ccncc3)cc21.